The monoisotopic (exact) mass is 406 g/mol. The Bertz CT molecular complexity index is 1160. The predicted octanol–water partition coefficient (Wildman–Crippen LogP) is 2.28. The first-order valence-electron chi connectivity index (χ1n) is 10.7. The second-order valence-electron chi connectivity index (χ2n) is 8.57. The molecule has 0 spiro atoms. The van der Waals surface area contributed by atoms with E-state index in [1.165, 1.54) is 5.56 Å². The van der Waals surface area contributed by atoms with Gasteiger partial charge in [-0.25, -0.2) is 9.67 Å². The second-order valence-corrected chi connectivity index (χ2v) is 8.57. The van der Waals surface area contributed by atoms with Crippen molar-refractivity contribution in [3.63, 3.8) is 0 Å². The summed E-state index contributed by atoms with van der Waals surface area (Å²) in [6, 6.07) is 8.32. The van der Waals surface area contributed by atoms with Gasteiger partial charge in [-0.05, 0) is 38.2 Å². The Balaban J connectivity index is 1.42. The van der Waals surface area contributed by atoms with Gasteiger partial charge in [0.05, 0.1) is 11.5 Å². The Morgan fingerprint density at radius 1 is 1.27 bits per heavy atom. The van der Waals surface area contributed by atoms with Crippen molar-refractivity contribution in [3.8, 4) is 0 Å². The average Bonchev–Trinajstić information content (AvgIpc) is 3.46. The van der Waals surface area contributed by atoms with Gasteiger partial charge in [-0.3, -0.25) is 9.59 Å². The van der Waals surface area contributed by atoms with Gasteiger partial charge in [-0.15, -0.1) is 5.10 Å². The van der Waals surface area contributed by atoms with E-state index in [4.69, 9.17) is 0 Å². The number of hydrogen-bond acceptors (Lipinski definition) is 5. The van der Waals surface area contributed by atoms with Gasteiger partial charge in [-0.1, -0.05) is 42.0 Å². The third-order valence-corrected chi connectivity index (χ3v) is 6.51. The Morgan fingerprint density at radius 2 is 2.03 bits per heavy atom. The molecule has 0 radical (unpaired) electrons. The highest BCUT2D eigenvalue weighted by Crippen LogP contribution is 2.50. The minimum atomic E-state index is -0.370. The number of rotatable bonds is 4. The highest BCUT2D eigenvalue weighted by atomic mass is 16.2. The summed E-state index contributed by atoms with van der Waals surface area (Å²) in [6.07, 6.45) is 4.21. The number of H-pyrrole nitrogens is 1. The standard InChI is InChI=1S/C22H26N6O2/c1-3-17-23-19-18(20(29)24-17)25-26-28(19)16-5-4-12-27(13-16)21(30)22(10-11-22)15-8-6-14(2)7-9-15/h6-9,16H,3-5,10-13H2,1-2H3,(H,23,24,29)/t16-/m1/s1. The van der Waals surface area contributed by atoms with Gasteiger partial charge < -0.3 is 9.88 Å². The topological polar surface area (TPSA) is 96.8 Å². The molecule has 2 fully saturated rings. The van der Waals surface area contributed by atoms with Crippen molar-refractivity contribution in [2.45, 2.75) is 57.4 Å². The molecule has 3 aromatic rings. The second kappa shape index (κ2) is 7.04. The van der Waals surface area contributed by atoms with Crippen molar-refractivity contribution in [2.24, 2.45) is 0 Å². The fourth-order valence-electron chi connectivity index (χ4n) is 4.56. The molecule has 1 N–H and O–H groups in total. The van der Waals surface area contributed by atoms with Gasteiger partial charge in [0.25, 0.3) is 5.56 Å². The van der Waals surface area contributed by atoms with Crippen LogP contribution in [0, 0.1) is 6.92 Å². The van der Waals surface area contributed by atoms with Gasteiger partial charge >= 0.3 is 0 Å². The third-order valence-electron chi connectivity index (χ3n) is 6.51. The number of aromatic amines is 1. The van der Waals surface area contributed by atoms with Crippen LogP contribution < -0.4 is 5.56 Å². The van der Waals surface area contributed by atoms with Crippen LogP contribution in [0.5, 0.6) is 0 Å². The predicted molar refractivity (Wildman–Crippen MR) is 112 cm³/mol. The van der Waals surface area contributed by atoms with Crippen LogP contribution in [0.4, 0.5) is 0 Å². The minimum absolute atomic E-state index is 0.0273. The van der Waals surface area contributed by atoms with E-state index < -0.39 is 0 Å². The zero-order valence-electron chi connectivity index (χ0n) is 17.4. The first kappa shape index (κ1) is 19.0. The van der Waals surface area contributed by atoms with E-state index >= 15 is 0 Å². The zero-order valence-corrected chi connectivity index (χ0v) is 17.4. The third kappa shape index (κ3) is 3.02. The van der Waals surface area contributed by atoms with Crippen LogP contribution in [0.25, 0.3) is 11.2 Å². The number of hydrogen-bond donors (Lipinski definition) is 1. The maximum Gasteiger partial charge on any atom is 0.281 e. The van der Waals surface area contributed by atoms with Crippen LogP contribution in [0.3, 0.4) is 0 Å². The molecule has 8 heteroatoms. The number of aryl methyl sites for hydroxylation is 2. The molecular formula is C22H26N6O2. The quantitative estimate of drug-likeness (QED) is 0.717. The molecule has 0 bridgehead atoms. The molecular weight excluding hydrogens is 380 g/mol. The van der Waals surface area contributed by atoms with E-state index in [-0.39, 0.29) is 28.4 Å². The summed E-state index contributed by atoms with van der Waals surface area (Å²) < 4.78 is 1.74. The number of carbonyl (C=O) groups is 1. The van der Waals surface area contributed by atoms with Gasteiger partial charge in [0.1, 0.15) is 5.82 Å². The van der Waals surface area contributed by atoms with Crippen LogP contribution in [0.2, 0.25) is 0 Å². The summed E-state index contributed by atoms with van der Waals surface area (Å²) in [7, 11) is 0. The smallest absolute Gasteiger partial charge is 0.281 e. The largest absolute Gasteiger partial charge is 0.340 e. The molecule has 1 aromatic carbocycles. The Hall–Kier alpha value is -3.03. The first-order valence-corrected chi connectivity index (χ1v) is 10.7. The summed E-state index contributed by atoms with van der Waals surface area (Å²) in [5.41, 5.74) is 2.45. The molecule has 1 amide bonds. The van der Waals surface area contributed by atoms with E-state index in [2.05, 4.69) is 51.5 Å². The molecule has 3 heterocycles. The van der Waals surface area contributed by atoms with E-state index in [1.807, 2.05) is 11.8 Å². The number of nitrogens with one attached hydrogen (secondary N) is 1. The lowest BCUT2D eigenvalue weighted by molar-refractivity contribution is -0.135. The molecule has 1 aliphatic carbocycles. The molecule has 0 unspecified atom stereocenters. The highest BCUT2D eigenvalue weighted by Gasteiger charge is 2.53. The molecule has 1 saturated heterocycles. The highest BCUT2D eigenvalue weighted by molar-refractivity contribution is 5.91. The van der Waals surface area contributed by atoms with E-state index in [1.54, 1.807) is 4.68 Å². The number of nitrogens with zero attached hydrogens (tertiary/aromatic N) is 5. The molecule has 5 rings (SSSR count). The van der Waals surface area contributed by atoms with Crippen molar-refractivity contribution < 1.29 is 4.79 Å². The lowest BCUT2D eigenvalue weighted by Gasteiger charge is -2.35. The lowest BCUT2D eigenvalue weighted by atomic mass is 9.92. The number of aromatic nitrogens is 5. The summed E-state index contributed by atoms with van der Waals surface area (Å²) >= 11 is 0. The van der Waals surface area contributed by atoms with Gasteiger partial charge in [0.2, 0.25) is 5.91 Å². The van der Waals surface area contributed by atoms with Gasteiger partial charge in [0, 0.05) is 19.5 Å². The first-order chi connectivity index (χ1) is 14.5. The van der Waals surface area contributed by atoms with Crippen LogP contribution in [0.1, 0.15) is 55.6 Å². The van der Waals surface area contributed by atoms with E-state index in [0.29, 0.717) is 24.4 Å². The molecule has 1 saturated carbocycles. The molecule has 156 valence electrons. The van der Waals surface area contributed by atoms with Crippen molar-refractivity contribution >= 4 is 17.1 Å². The number of fused-ring (bicyclic) bond motifs is 1. The molecule has 2 aliphatic rings. The van der Waals surface area contributed by atoms with Crippen LogP contribution in [-0.4, -0.2) is 48.9 Å². The minimum Gasteiger partial charge on any atom is -0.340 e. The Labute approximate surface area is 174 Å². The lowest BCUT2D eigenvalue weighted by Crippen LogP contribution is -2.45. The number of benzene rings is 1. The SMILES string of the molecule is CCc1nc2c(nnn2[C@@H]2CCCN(C(=O)C3(c4ccc(C)cc4)CC3)C2)c(=O)[nH]1. The van der Waals surface area contributed by atoms with E-state index in [9.17, 15) is 9.59 Å². The maximum atomic E-state index is 13.5. The maximum absolute atomic E-state index is 13.5. The number of amides is 1. The number of carbonyl (C=O) groups excluding carboxylic acids is 1. The summed E-state index contributed by atoms with van der Waals surface area (Å²) in [4.78, 5) is 35.1. The van der Waals surface area contributed by atoms with Gasteiger partial charge in [-0.2, -0.15) is 0 Å². The average molecular weight is 406 g/mol. The fourth-order valence-corrected chi connectivity index (χ4v) is 4.56. The summed E-state index contributed by atoms with van der Waals surface area (Å²) in [6.45, 7) is 5.33. The van der Waals surface area contributed by atoms with Crippen molar-refractivity contribution in [1.82, 2.24) is 29.9 Å². The van der Waals surface area contributed by atoms with Crippen molar-refractivity contribution in [2.75, 3.05) is 13.1 Å². The normalized spacial score (nSPS) is 20.5. The fraction of sp³-hybridized carbons (Fsp3) is 0.500. The number of likely N-dealkylation sites (tertiary alicyclic amines) is 1. The van der Waals surface area contributed by atoms with Gasteiger partial charge in [0.15, 0.2) is 11.2 Å². The van der Waals surface area contributed by atoms with Crippen LogP contribution in [0.15, 0.2) is 29.1 Å². The zero-order chi connectivity index (χ0) is 20.9. The van der Waals surface area contributed by atoms with Crippen molar-refractivity contribution in [3.05, 3.63) is 51.6 Å². The molecule has 1 atom stereocenters. The van der Waals surface area contributed by atoms with Crippen LogP contribution >= 0.6 is 0 Å². The summed E-state index contributed by atoms with van der Waals surface area (Å²) in [5, 5.41) is 8.30. The molecule has 1 aliphatic heterocycles. The molecule has 30 heavy (non-hydrogen) atoms. The molecule has 8 nitrogen and oxygen atoms in total. The summed E-state index contributed by atoms with van der Waals surface area (Å²) in [5.74, 6) is 0.830. The Kier molecular flexibility index (Phi) is 4.45. The molecule has 2 aromatic heterocycles. The number of piperidine rings is 1. The Morgan fingerprint density at radius 3 is 2.73 bits per heavy atom. The van der Waals surface area contributed by atoms with Crippen LogP contribution in [-0.2, 0) is 16.6 Å². The van der Waals surface area contributed by atoms with Crippen molar-refractivity contribution in [1.29, 1.82) is 0 Å². The van der Waals surface area contributed by atoms with E-state index in [0.717, 1.165) is 37.8 Å².